The van der Waals surface area contributed by atoms with Crippen LogP contribution in [0.15, 0.2) is 23.3 Å². The summed E-state index contributed by atoms with van der Waals surface area (Å²) in [4.78, 5) is 13.4. The van der Waals surface area contributed by atoms with Gasteiger partial charge in [0, 0.05) is 18.3 Å². The molecule has 7 nitrogen and oxygen atoms in total. The summed E-state index contributed by atoms with van der Waals surface area (Å²) in [6, 6.07) is 5.85. The maximum atomic E-state index is 11.5. The van der Waals surface area contributed by atoms with Crippen LogP contribution in [0.5, 0.6) is 5.75 Å². The van der Waals surface area contributed by atoms with E-state index in [2.05, 4.69) is 15.8 Å². The fourth-order valence-electron chi connectivity index (χ4n) is 2.17. The second kappa shape index (κ2) is 5.01. The monoisotopic (exact) mass is 275 g/mol. The van der Waals surface area contributed by atoms with Gasteiger partial charge >= 0.3 is 0 Å². The van der Waals surface area contributed by atoms with Gasteiger partial charge in [-0.2, -0.15) is 5.10 Å². The van der Waals surface area contributed by atoms with E-state index in [0.29, 0.717) is 19.0 Å². The molecule has 3 rings (SSSR count). The second-order valence-corrected chi connectivity index (χ2v) is 4.98. The molecule has 0 bridgehead atoms. The molecule has 7 heteroatoms. The van der Waals surface area contributed by atoms with Crippen molar-refractivity contribution in [3.63, 3.8) is 0 Å². The van der Waals surface area contributed by atoms with Crippen LogP contribution in [0.3, 0.4) is 0 Å². The number of nitrogens with zero attached hydrogens (tertiary/aromatic N) is 2. The summed E-state index contributed by atoms with van der Waals surface area (Å²) in [7, 11) is 0. The highest BCUT2D eigenvalue weighted by Crippen LogP contribution is 2.35. The maximum Gasteiger partial charge on any atom is 0.260 e. The molecule has 2 aliphatic heterocycles. The predicted molar refractivity (Wildman–Crippen MR) is 77.0 cm³/mol. The molecule has 1 unspecified atom stereocenters. The molecule has 106 valence electrons. The Kier molecular flexibility index (Phi) is 3.19. The number of amides is 1. The SMILES string of the molecule is CC(N)CNc1ccc2c(c1)N1CC(=O)NN=C1CO2. The summed E-state index contributed by atoms with van der Waals surface area (Å²) < 4.78 is 5.63. The molecule has 0 spiro atoms. The van der Waals surface area contributed by atoms with Gasteiger partial charge in [-0.3, -0.25) is 4.79 Å². The molecule has 0 aliphatic carbocycles. The number of nitrogens with two attached hydrogens (primary N) is 1. The lowest BCUT2D eigenvalue weighted by atomic mass is 10.2. The largest absolute Gasteiger partial charge is 0.483 e. The highest BCUT2D eigenvalue weighted by molar-refractivity contribution is 6.07. The van der Waals surface area contributed by atoms with Crippen LogP contribution < -0.4 is 26.1 Å². The van der Waals surface area contributed by atoms with Gasteiger partial charge in [0.25, 0.3) is 5.91 Å². The summed E-state index contributed by atoms with van der Waals surface area (Å²) in [5.74, 6) is 1.34. The van der Waals surface area contributed by atoms with Crippen molar-refractivity contribution in [3.8, 4) is 5.75 Å². The molecule has 2 aliphatic rings. The van der Waals surface area contributed by atoms with Crippen molar-refractivity contribution >= 4 is 23.1 Å². The van der Waals surface area contributed by atoms with E-state index >= 15 is 0 Å². The van der Waals surface area contributed by atoms with Crippen LogP contribution in [0, 0.1) is 0 Å². The topological polar surface area (TPSA) is 92.0 Å². The zero-order valence-electron chi connectivity index (χ0n) is 11.2. The summed E-state index contributed by atoms with van der Waals surface area (Å²) in [5.41, 5.74) is 9.98. The Hall–Kier alpha value is -2.28. The third-order valence-corrected chi connectivity index (χ3v) is 3.16. The first-order valence-corrected chi connectivity index (χ1v) is 6.53. The van der Waals surface area contributed by atoms with E-state index in [1.54, 1.807) is 0 Å². The van der Waals surface area contributed by atoms with E-state index in [9.17, 15) is 4.79 Å². The minimum atomic E-state index is -0.129. The van der Waals surface area contributed by atoms with E-state index in [4.69, 9.17) is 10.5 Å². The Balaban J connectivity index is 1.89. The van der Waals surface area contributed by atoms with E-state index in [0.717, 1.165) is 17.1 Å². The number of hydrogen-bond donors (Lipinski definition) is 3. The molecule has 4 N–H and O–H groups in total. The number of amidine groups is 1. The van der Waals surface area contributed by atoms with E-state index in [1.807, 2.05) is 30.0 Å². The van der Waals surface area contributed by atoms with Crippen molar-refractivity contribution in [2.45, 2.75) is 13.0 Å². The van der Waals surface area contributed by atoms with Gasteiger partial charge in [-0.25, -0.2) is 5.43 Å². The van der Waals surface area contributed by atoms with Crippen LogP contribution in [-0.4, -0.2) is 37.5 Å². The standard InChI is InChI=1S/C13H17N5O2/c1-8(14)5-15-9-2-3-11-10(4-9)18-6-13(19)17-16-12(18)7-20-11/h2-4,8,15H,5-7,14H2,1H3,(H,17,19). The number of hydrogen-bond acceptors (Lipinski definition) is 6. The first-order valence-electron chi connectivity index (χ1n) is 6.53. The van der Waals surface area contributed by atoms with Gasteiger partial charge in [-0.15, -0.1) is 0 Å². The third-order valence-electron chi connectivity index (χ3n) is 3.16. The van der Waals surface area contributed by atoms with Gasteiger partial charge in [0.05, 0.1) is 5.69 Å². The van der Waals surface area contributed by atoms with Crippen LogP contribution in [0.2, 0.25) is 0 Å². The van der Waals surface area contributed by atoms with Crippen molar-refractivity contribution in [1.29, 1.82) is 0 Å². The molecule has 1 atom stereocenters. The normalized spacial score (nSPS) is 18.2. The number of hydrazone groups is 1. The first kappa shape index (κ1) is 12.7. The summed E-state index contributed by atoms with van der Waals surface area (Å²) in [6.07, 6.45) is 0. The number of ether oxygens (including phenoxy) is 1. The Morgan fingerprint density at radius 1 is 1.60 bits per heavy atom. The number of fused-ring (bicyclic) bond motifs is 3. The third kappa shape index (κ3) is 2.39. The van der Waals surface area contributed by atoms with Crippen LogP contribution >= 0.6 is 0 Å². The zero-order valence-corrected chi connectivity index (χ0v) is 11.2. The van der Waals surface area contributed by atoms with Gasteiger partial charge in [0.15, 0.2) is 5.84 Å². The van der Waals surface area contributed by atoms with Crippen molar-refractivity contribution < 1.29 is 9.53 Å². The molecule has 1 aromatic rings. The number of carbonyl (C=O) groups excluding carboxylic acids is 1. The summed E-state index contributed by atoms with van der Waals surface area (Å²) in [5, 5.41) is 7.27. The average Bonchev–Trinajstić information content (AvgIpc) is 2.44. The zero-order chi connectivity index (χ0) is 14.1. The molecule has 0 aromatic heterocycles. The molecule has 1 aromatic carbocycles. The highest BCUT2D eigenvalue weighted by atomic mass is 16.5. The Morgan fingerprint density at radius 2 is 2.45 bits per heavy atom. The lowest BCUT2D eigenvalue weighted by Crippen LogP contribution is -2.49. The number of nitrogens with one attached hydrogen (secondary N) is 2. The first-order chi connectivity index (χ1) is 9.63. The molecule has 20 heavy (non-hydrogen) atoms. The Labute approximate surface area is 116 Å². The molecular formula is C13H17N5O2. The molecule has 0 saturated carbocycles. The van der Waals surface area contributed by atoms with Crippen molar-refractivity contribution in [2.24, 2.45) is 10.8 Å². The van der Waals surface area contributed by atoms with E-state index < -0.39 is 0 Å². The smallest absolute Gasteiger partial charge is 0.260 e. The second-order valence-electron chi connectivity index (χ2n) is 4.98. The van der Waals surface area contributed by atoms with Gasteiger partial charge in [-0.1, -0.05) is 0 Å². The van der Waals surface area contributed by atoms with Crippen molar-refractivity contribution in [2.75, 3.05) is 29.9 Å². The van der Waals surface area contributed by atoms with Crippen LogP contribution in [0.25, 0.3) is 0 Å². The highest BCUT2D eigenvalue weighted by Gasteiger charge is 2.29. The Morgan fingerprint density at radius 3 is 3.25 bits per heavy atom. The maximum absolute atomic E-state index is 11.5. The number of anilines is 2. The average molecular weight is 275 g/mol. The van der Waals surface area contributed by atoms with Crippen LogP contribution in [-0.2, 0) is 4.79 Å². The van der Waals surface area contributed by atoms with E-state index in [-0.39, 0.29) is 18.5 Å². The fourth-order valence-corrected chi connectivity index (χ4v) is 2.17. The molecule has 0 saturated heterocycles. The summed E-state index contributed by atoms with van der Waals surface area (Å²) >= 11 is 0. The van der Waals surface area contributed by atoms with Gasteiger partial charge in [0.1, 0.15) is 18.9 Å². The minimum absolute atomic E-state index is 0.0696. The summed E-state index contributed by atoms with van der Waals surface area (Å²) in [6.45, 7) is 3.24. The lowest BCUT2D eigenvalue weighted by Gasteiger charge is -2.34. The predicted octanol–water partition coefficient (Wildman–Crippen LogP) is 0.0878. The molecule has 0 fully saturated rings. The minimum Gasteiger partial charge on any atom is -0.483 e. The molecule has 1 amide bonds. The number of benzene rings is 1. The number of carbonyl (C=O) groups is 1. The van der Waals surface area contributed by atoms with Gasteiger partial charge in [-0.05, 0) is 25.1 Å². The van der Waals surface area contributed by atoms with Crippen molar-refractivity contribution in [3.05, 3.63) is 18.2 Å². The quantitative estimate of drug-likeness (QED) is 0.727. The Bertz CT molecular complexity index is 570. The van der Waals surface area contributed by atoms with E-state index in [1.165, 1.54) is 0 Å². The van der Waals surface area contributed by atoms with Crippen molar-refractivity contribution in [1.82, 2.24) is 5.43 Å². The lowest BCUT2D eigenvalue weighted by molar-refractivity contribution is -0.119. The van der Waals surface area contributed by atoms with Crippen LogP contribution in [0.1, 0.15) is 6.92 Å². The fraction of sp³-hybridized carbons (Fsp3) is 0.385. The van der Waals surface area contributed by atoms with Gasteiger partial charge < -0.3 is 20.7 Å². The number of rotatable bonds is 3. The molecule has 2 heterocycles. The molecule has 0 radical (unpaired) electrons. The van der Waals surface area contributed by atoms with Crippen LogP contribution in [0.4, 0.5) is 11.4 Å². The molecular weight excluding hydrogens is 258 g/mol. The van der Waals surface area contributed by atoms with Gasteiger partial charge in [0.2, 0.25) is 0 Å².